The summed E-state index contributed by atoms with van der Waals surface area (Å²) in [5.41, 5.74) is 0. The molecule has 2 N–H and O–H groups in total. The fourth-order valence-corrected chi connectivity index (χ4v) is 2.27. The monoisotopic (exact) mass is 262 g/mol. The lowest BCUT2D eigenvalue weighted by Gasteiger charge is -2.08. The van der Waals surface area contributed by atoms with Gasteiger partial charge < -0.3 is 10.6 Å². The molecule has 1 aromatic rings. The normalized spacial score (nSPS) is 10.8. The second-order valence-electron chi connectivity index (χ2n) is 3.14. The average Bonchev–Trinajstić information content (AvgIpc) is 2.45. The van der Waals surface area contributed by atoms with Gasteiger partial charge in [0.2, 0.25) is 0 Å². The van der Waals surface area contributed by atoms with E-state index in [1.807, 2.05) is 0 Å². The first-order valence-corrected chi connectivity index (χ1v) is 6.02. The van der Waals surface area contributed by atoms with Crippen LogP contribution in [-0.4, -0.2) is 19.1 Å². The molecule has 2 nitrogen and oxygen atoms in total. The lowest BCUT2D eigenvalue weighted by atomic mass is 10.4. The van der Waals surface area contributed by atoms with Crippen LogP contribution in [0.3, 0.4) is 0 Å². The van der Waals surface area contributed by atoms with Crippen LogP contribution in [0.4, 0.5) is 5.00 Å². The van der Waals surface area contributed by atoms with Crippen LogP contribution in [0.25, 0.3) is 0 Å². The van der Waals surface area contributed by atoms with Crippen LogP contribution >= 0.6 is 27.3 Å². The van der Waals surface area contributed by atoms with Gasteiger partial charge in [0, 0.05) is 19.1 Å². The minimum atomic E-state index is 0.567. The molecule has 0 aliphatic carbocycles. The highest BCUT2D eigenvalue weighted by Gasteiger charge is 1.96. The minimum Gasteiger partial charge on any atom is -0.376 e. The maximum absolute atomic E-state index is 3.43. The van der Waals surface area contributed by atoms with Gasteiger partial charge in [0.1, 0.15) is 0 Å². The highest BCUT2D eigenvalue weighted by molar-refractivity contribution is 9.11. The third-order valence-corrected chi connectivity index (χ3v) is 3.13. The summed E-state index contributed by atoms with van der Waals surface area (Å²) in [6.07, 6.45) is 0. The van der Waals surface area contributed by atoms with Gasteiger partial charge in [-0.15, -0.1) is 11.3 Å². The molecule has 0 fully saturated rings. The molecule has 0 radical (unpaired) electrons. The van der Waals surface area contributed by atoms with Crippen molar-refractivity contribution in [3.05, 3.63) is 15.9 Å². The first-order valence-electron chi connectivity index (χ1n) is 4.41. The fourth-order valence-electron chi connectivity index (χ4n) is 0.956. The van der Waals surface area contributed by atoms with Crippen molar-refractivity contribution in [1.82, 2.24) is 5.32 Å². The van der Waals surface area contributed by atoms with Gasteiger partial charge in [-0.25, -0.2) is 0 Å². The summed E-state index contributed by atoms with van der Waals surface area (Å²) >= 11 is 5.15. The molecular weight excluding hydrogens is 248 g/mol. The van der Waals surface area contributed by atoms with E-state index in [-0.39, 0.29) is 0 Å². The van der Waals surface area contributed by atoms with Crippen molar-refractivity contribution in [1.29, 1.82) is 0 Å². The first kappa shape index (κ1) is 11.0. The van der Waals surface area contributed by atoms with Gasteiger partial charge in [0.25, 0.3) is 0 Å². The topological polar surface area (TPSA) is 24.1 Å². The maximum Gasteiger partial charge on any atom is 0.0894 e. The standard InChI is InChI=1S/C9H15BrN2S/c1-7(2)11-5-6-12-9-4-3-8(10)13-9/h3-4,7,11-12H,5-6H2,1-2H3. The zero-order chi connectivity index (χ0) is 9.68. The van der Waals surface area contributed by atoms with Gasteiger partial charge >= 0.3 is 0 Å². The zero-order valence-corrected chi connectivity index (χ0v) is 10.3. The second kappa shape index (κ2) is 5.62. The van der Waals surface area contributed by atoms with E-state index in [0.29, 0.717) is 6.04 Å². The molecule has 0 bridgehead atoms. The molecule has 0 atom stereocenters. The molecule has 1 aromatic heterocycles. The van der Waals surface area contributed by atoms with Crippen LogP contribution < -0.4 is 10.6 Å². The summed E-state index contributed by atoms with van der Waals surface area (Å²) in [5, 5.41) is 7.92. The molecule has 1 heterocycles. The molecule has 4 heteroatoms. The van der Waals surface area contributed by atoms with E-state index in [4.69, 9.17) is 0 Å². The van der Waals surface area contributed by atoms with Crippen LogP contribution in [-0.2, 0) is 0 Å². The van der Waals surface area contributed by atoms with Crippen LogP contribution in [0, 0.1) is 0 Å². The predicted octanol–water partition coefficient (Wildman–Crippen LogP) is 2.92. The quantitative estimate of drug-likeness (QED) is 0.798. The third-order valence-electron chi connectivity index (χ3n) is 1.55. The van der Waals surface area contributed by atoms with E-state index in [2.05, 4.69) is 52.5 Å². The zero-order valence-electron chi connectivity index (χ0n) is 7.93. The number of thiophene rings is 1. The van der Waals surface area contributed by atoms with Crippen molar-refractivity contribution in [2.75, 3.05) is 18.4 Å². The smallest absolute Gasteiger partial charge is 0.0894 e. The lowest BCUT2D eigenvalue weighted by molar-refractivity contribution is 0.602. The maximum atomic E-state index is 3.43. The highest BCUT2D eigenvalue weighted by Crippen LogP contribution is 2.25. The molecule has 1 rings (SSSR count). The number of hydrogen-bond acceptors (Lipinski definition) is 3. The van der Waals surface area contributed by atoms with Gasteiger partial charge in [-0.1, -0.05) is 13.8 Å². The summed E-state index contributed by atoms with van der Waals surface area (Å²) in [5.74, 6) is 0. The van der Waals surface area contributed by atoms with E-state index in [1.165, 1.54) is 8.79 Å². The van der Waals surface area contributed by atoms with Gasteiger partial charge in [0.15, 0.2) is 0 Å². The van der Waals surface area contributed by atoms with Crippen molar-refractivity contribution in [3.8, 4) is 0 Å². The number of hydrogen-bond donors (Lipinski definition) is 2. The Hall–Kier alpha value is -0.0600. The summed E-state index contributed by atoms with van der Waals surface area (Å²) in [6.45, 7) is 6.29. The molecule has 13 heavy (non-hydrogen) atoms. The van der Waals surface area contributed by atoms with Crippen molar-refractivity contribution in [3.63, 3.8) is 0 Å². The van der Waals surface area contributed by atoms with E-state index < -0.39 is 0 Å². The Morgan fingerprint density at radius 1 is 1.38 bits per heavy atom. The summed E-state index contributed by atoms with van der Waals surface area (Å²) in [6, 6.07) is 4.71. The Bertz CT molecular complexity index is 248. The molecular formula is C9H15BrN2S. The van der Waals surface area contributed by atoms with Crippen LogP contribution in [0.15, 0.2) is 15.9 Å². The summed E-state index contributed by atoms with van der Waals surface area (Å²) < 4.78 is 1.17. The van der Waals surface area contributed by atoms with Crippen molar-refractivity contribution in [2.45, 2.75) is 19.9 Å². The van der Waals surface area contributed by atoms with Crippen LogP contribution in [0.5, 0.6) is 0 Å². The van der Waals surface area contributed by atoms with Crippen LogP contribution in [0.2, 0.25) is 0 Å². The van der Waals surface area contributed by atoms with Crippen molar-refractivity contribution in [2.24, 2.45) is 0 Å². The summed E-state index contributed by atoms with van der Waals surface area (Å²) in [4.78, 5) is 0. The lowest BCUT2D eigenvalue weighted by Crippen LogP contribution is -2.28. The van der Waals surface area contributed by atoms with Crippen LogP contribution in [0.1, 0.15) is 13.8 Å². The van der Waals surface area contributed by atoms with Gasteiger partial charge in [-0.2, -0.15) is 0 Å². The van der Waals surface area contributed by atoms with Gasteiger partial charge in [-0.05, 0) is 28.1 Å². The second-order valence-corrected chi connectivity index (χ2v) is 5.60. The number of rotatable bonds is 5. The van der Waals surface area contributed by atoms with E-state index in [9.17, 15) is 0 Å². The van der Waals surface area contributed by atoms with E-state index >= 15 is 0 Å². The Labute approximate surface area is 91.9 Å². The number of halogens is 1. The summed E-state index contributed by atoms with van der Waals surface area (Å²) in [7, 11) is 0. The molecule has 0 aliphatic heterocycles. The molecule has 0 aliphatic rings. The van der Waals surface area contributed by atoms with E-state index in [1.54, 1.807) is 11.3 Å². The van der Waals surface area contributed by atoms with E-state index in [0.717, 1.165) is 13.1 Å². The highest BCUT2D eigenvalue weighted by atomic mass is 79.9. The van der Waals surface area contributed by atoms with Gasteiger partial charge in [0.05, 0.1) is 8.79 Å². The average molecular weight is 263 g/mol. The first-order chi connectivity index (χ1) is 6.18. The molecule has 0 saturated heterocycles. The molecule has 0 unspecified atom stereocenters. The SMILES string of the molecule is CC(C)NCCNc1ccc(Br)s1. The molecule has 0 saturated carbocycles. The minimum absolute atomic E-state index is 0.567. The number of nitrogens with one attached hydrogen (secondary N) is 2. The Morgan fingerprint density at radius 3 is 2.69 bits per heavy atom. The fraction of sp³-hybridized carbons (Fsp3) is 0.556. The molecule has 74 valence electrons. The number of anilines is 1. The van der Waals surface area contributed by atoms with Crippen molar-refractivity contribution < 1.29 is 0 Å². The predicted molar refractivity (Wildman–Crippen MR) is 63.6 cm³/mol. The third kappa shape index (κ3) is 4.64. The molecule has 0 amide bonds. The van der Waals surface area contributed by atoms with Gasteiger partial charge in [-0.3, -0.25) is 0 Å². The molecule has 0 spiro atoms. The molecule has 0 aromatic carbocycles. The Balaban J connectivity index is 2.13. The largest absolute Gasteiger partial charge is 0.376 e. The Morgan fingerprint density at radius 2 is 2.15 bits per heavy atom. The Kier molecular flexibility index (Phi) is 4.77. The van der Waals surface area contributed by atoms with Crippen molar-refractivity contribution >= 4 is 32.3 Å².